The molecular weight excluding hydrogens is 293 g/mol. The fourth-order valence-electron chi connectivity index (χ4n) is 1.07. The third-order valence-corrected chi connectivity index (χ3v) is 2.31. The lowest BCUT2D eigenvalue weighted by molar-refractivity contribution is -0.362. The first-order valence-electron chi connectivity index (χ1n) is 4.29. The number of thiol groups is 1. The van der Waals surface area contributed by atoms with Crippen molar-refractivity contribution in [3.05, 3.63) is 0 Å². The Morgan fingerprint density at radius 3 is 1.67 bits per heavy atom. The lowest BCUT2D eigenvalue weighted by atomic mass is 9.92. The molecule has 0 spiro atoms. The molecule has 0 fully saturated rings. The number of carbonyl (C=O) groups is 2. The van der Waals surface area contributed by atoms with Crippen molar-refractivity contribution in [2.45, 2.75) is 31.4 Å². The molecule has 0 aromatic heterocycles. The Kier molecular flexibility index (Phi) is 4.83. The number of Topliss-reactive ketones (excluding diaryl/α,β-unsaturated/α-hetero) is 1. The van der Waals surface area contributed by atoms with Crippen molar-refractivity contribution in [2.24, 2.45) is 5.92 Å². The van der Waals surface area contributed by atoms with E-state index in [-0.39, 0.29) is 0 Å². The molecule has 106 valence electrons. The zero-order valence-electron chi connectivity index (χ0n) is 8.69. The Labute approximate surface area is 102 Å². The van der Waals surface area contributed by atoms with Gasteiger partial charge in [0.15, 0.2) is 5.12 Å². The molecule has 0 amide bonds. The first kappa shape index (κ1) is 17.2. The van der Waals surface area contributed by atoms with Gasteiger partial charge in [0.1, 0.15) is 11.7 Å². The van der Waals surface area contributed by atoms with E-state index in [1.54, 1.807) is 0 Å². The van der Waals surface area contributed by atoms with Crippen molar-refractivity contribution in [3.63, 3.8) is 0 Å². The van der Waals surface area contributed by atoms with Crippen LogP contribution in [0.2, 0.25) is 0 Å². The van der Waals surface area contributed by atoms with Crippen LogP contribution in [0.4, 0.5) is 30.7 Å². The third kappa shape index (κ3) is 3.15. The Morgan fingerprint density at radius 2 is 1.44 bits per heavy atom. The summed E-state index contributed by atoms with van der Waals surface area (Å²) in [5, 5.41) is -1.92. The summed E-state index contributed by atoms with van der Waals surface area (Å²) in [5.74, 6) is -16.5. The van der Waals surface area contributed by atoms with Gasteiger partial charge in [0.2, 0.25) is 0 Å². The smallest absolute Gasteiger partial charge is 0.300 e. The molecule has 1 atom stereocenters. The molecule has 0 aliphatic heterocycles. The maximum atomic E-state index is 13.1. The number of hydrogen-bond donors (Lipinski definition) is 1. The number of rotatable bonds is 5. The average Bonchev–Trinajstić information content (AvgIpc) is 2.10. The molecule has 0 radical (unpaired) electrons. The molecule has 0 aliphatic carbocycles. The SMILES string of the molecule is CC(=O)CC(C(=O)S)C(F)(F)C(F)(F)C(F)(F)F. The van der Waals surface area contributed by atoms with Gasteiger partial charge in [-0.15, -0.1) is 12.6 Å². The standard InChI is InChI=1S/C8H7F7O2S/c1-3(16)2-4(5(17)18)6(9,10)7(11,12)8(13,14)15/h4H,2H2,1H3,(H,17,18). The van der Waals surface area contributed by atoms with Crippen molar-refractivity contribution in [1.82, 2.24) is 0 Å². The van der Waals surface area contributed by atoms with Gasteiger partial charge in [-0.25, -0.2) is 0 Å². The lowest BCUT2D eigenvalue weighted by Crippen LogP contribution is -2.57. The number of ketones is 1. The van der Waals surface area contributed by atoms with E-state index < -0.39 is 41.3 Å². The van der Waals surface area contributed by atoms with Gasteiger partial charge in [-0.05, 0) is 6.92 Å². The van der Waals surface area contributed by atoms with Gasteiger partial charge >= 0.3 is 18.0 Å². The molecule has 2 nitrogen and oxygen atoms in total. The largest absolute Gasteiger partial charge is 0.459 e. The monoisotopic (exact) mass is 300 g/mol. The number of hydrogen-bond acceptors (Lipinski definition) is 2. The summed E-state index contributed by atoms with van der Waals surface area (Å²) >= 11 is 2.82. The van der Waals surface area contributed by atoms with Gasteiger partial charge < -0.3 is 0 Å². The molecule has 0 N–H and O–H groups in total. The van der Waals surface area contributed by atoms with E-state index >= 15 is 0 Å². The normalized spacial score (nSPS) is 15.4. The van der Waals surface area contributed by atoms with Crippen LogP contribution in [0.1, 0.15) is 13.3 Å². The predicted octanol–water partition coefficient (Wildman–Crippen LogP) is 2.87. The Bertz CT molecular complexity index is 350. The number of alkyl halides is 7. The summed E-state index contributed by atoms with van der Waals surface area (Å²) in [7, 11) is 0. The molecule has 1 unspecified atom stereocenters. The maximum Gasteiger partial charge on any atom is 0.459 e. The second-order valence-electron chi connectivity index (χ2n) is 3.49. The van der Waals surface area contributed by atoms with Gasteiger partial charge in [0.25, 0.3) is 0 Å². The first-order chi connectivity index (χ1) is 7.75. The molecule has 0 heterocycles. The van der Waals surface area contributed by atoms with Gasteiger partial charge in [0.05, 0.1) is 0 Å². The fourth-order valence-corrected chi connectivity index (χ4v) is 1.32. The molecule has 0 aromatic rings. The summed E-state index contributed by atoms with van der Waals surface area (Å²) in [5.41, 5.74) is 0. The highest BCUT2D eigenvalue weighted by Crippen LogP contribution is 2.51. The minimum absolute atomic E-state index is 0.672. The Balaban J connectivity index is 5.56. The minimum atomic E-state index is -6.55. The first-order valence-corrected chi connectivity index (χ1v) is 4.74. The van der Waals surface area contributed by atoms with Crippen LogP contribution in [0.25, 0.3) is 0 Å². The Morgan fingerprint density at radius 1 is 1.06 bits per heavy atom. The van der Waals surface area contributed by atoms with Gasteiger partial charge in [-0.2, -0.15) is 30.7 Å². The number of halogens is 7. The van der Waals surface area contributed by atoms with Crippen LogP contribution in [0.5, 0.6) is 0 Å². The van der Waals surface area contributed by atoms with Crippen LogP contribution >= 0.6 is 12.6 Å². The van der Waals surface area contributed by atoms with Crippen molar-refractivity contribution >= 4 is 23.5 Å². The van der Waals surface area contributed by atoms with E-state index in [2.05, 4.69) is 12.6 Å². The predicted molar refractivity (Wildman–Crippen MR) is 48.7 cm³/mol. The van der Waals surface area contributed by atoms with E-state index in [1.807, 2.05) is 0 Å². The van der Waals surface area contributed by atoms with Crippen LogP contribution < -0.4 is 0 Å². The summed E-state index contributed by atoms with van der Waals surface area (Å²) in [6.45, 7) is 0.672. The highest BCUT2D eigenvalue weighted by atomic mass is 32.1. The highest BCUT2D eigenvalue weighted by molar-refractivity contribution is 7.96. The molecule has 0 aromatic carbocycles. The second-order valence-corrected chi connectivity index (χ2v) is 3.93. The molecule has 0 saturated carbocycles. The van der Waals surface area contributed by atoms with Gasteiger partial charge in [-0.3, -0.25) is 9.59 Å². The Hall–Kier alpha value is -0.800. The fraction of sp³-hybridized carbons (Fsp3) is 0.750. The number of carbonyl (C=O) groups excluding carboxylic acids is 2. The van der Waals surface area contributed by atoms with Crippen molar-refractivity contribution in [2.75, 3.05) is 0 Å². The summed E-state index contributed by atoms with van der Waals surface area (Å²) in [4.78, 5) is 21.2. The van der Waals surface area contributed by atoms with Crippen LogP contribution in [-0.4, -0.2) is 28.9 Å². The summed E-state index contributed by atoms with van der Waals surface area (Å²) in [6, 6.07) is 0. The van der Waals surface area contributed by atoms with Gasteiger partial charge in [-0.1, -0.05) is 0 Å². The van der Waals surface area contributed by atoms with Crippen LogP contribution in [0.3, 0.4) is 0 Å². The average molecular weight is 300 g/mol. The van der Waals surface area contributed by atoms with Crippen LogP contribution in [-0.2, 0) is 9.59 Å². The van der Waals surface area contributed by atoms with Gasteiger partial charge in [0, 0.05) is 6.42 Å². The van der Waals surface area contributed by atoms with E-state index in [1.165, 1.54) is 0 Å². The second kappa shape index (κ2) is 5.06. The molecule has 0 rings (SSSR count). The van der Waals surface area contributed by atoms with E-state index in [0.717, 1.165) is 0 Å². The summed E-state index contributed by atoms with van der Waals surface area (Å²) in [6.07, 6.45) is -8.00. The molecule has 0 saturated heterocycles. The minimum Gasteiger partial charge on any atom is -0.300 e. The molecule has 18 heavy (non-hydrogen) atoms. The zero-order valence-corrected chi connectivity index (χ0v) is 9.59. The van der Waals surface area contributed by atoms with Crippen LogP contribution in [0.15, 0.2) is 0 Å². The molecule has 0 bridgehead atoms. The van der Waals surface area contributed by atoms with Crippen LogP contribution in [0, 0.1) is 5.92 Å². The van der Waals surface area contributed by atoms with Crippen molar-refractivity contribution in [3.8, 4) is 0 Å². The molecule has 0 aliphatic rings. The van der Waals surface area contributed by atoms with E-state index in [9.17, 15) is 40.3 Å². The molecular formula is C8H7F7O2S. The summed E-state index contributed by atoms with van der Waals surface area (Å²) < 4.78 is 86.9. The van der Waals surface area contributed by atoms with Crippen molar-refractivity contribution < 1.29 is 40.3 Å². The molecule has 10 heteroatoms. The third-order valence-electron chi connectivity index (χ3n) is 2.00. The van der Waals surface area contributed by atoms with Crippen molar-refractivity contribution in [1.29, 1.82) is 0 Å². The maximum absolute atomic E-state index is 13.1. The zero-order chi connectivity index (χ0) is 14.9. The lowest BCUT2D eigenvalue weighted by Gasteiger charge is -2.32. The van der Waals surface area contributed by atoms with E-state index in [0.29, 0.717) is 6.92 Å². The highest BCUT2D eigenvalue weighted by Gasteiger charge is 2.75. The quantitative estimate of drug-likeness (QED) is 0.626. The van der Waals surface area contributed by atoms with E-state index in [4.69, 9.17) is 0 Å². The topological polar surface area (TPSA) is 34.1 Å².